The lowest BCUT2D eigenvalue weighted by atomic mass is 10.1. The van der Waals surface area contributed by atoms with Gasteiger partial charge in [-0.05, 0) is 42.5 Å². The molecule has 5 rings (SSSR count). The van der Waals surface area contributed by atoms with Crippen molar-refractivity contribution in [2.45, 2.75) is 0 Å². The van der Waals surface area contributed by atoms with Crippen molar-refractivity contribution in [3.8, 4) is 22.4 Å². The second-order valence-corrected chi connectivity index (χ2v) is 7.49. The van der Waals surface area contributed by atoms with Gasteiger partial charge in [-0.1, -0.05) is 17.7 Å². The molecular formula is C23H14ClF2N5O. The van der Waals surface area contributed by atoms with E-state index in [0.29, 0.717) is 16.9 Å². The molecule has 0 aliphatic heterocycles. The van der Waals surface area contributed by atoms with E-state index in [1.807, 2.05) is 22.7 Å². The van der Waals surface area contributed by atoms with Crippen molar-refractivity contribution in [3.05, 3.63) is 95.5 Å². The summed E-state index contributed by atoms with van der Waals surface area (Å²) in [6.45, 7) is 0. The molecule has 0 saturated carbocycles. The number of nitrogens with one attached hydrogen (secondary N) is 2. The number of aromatic nitrogens is 4. The van der Waals surface area contributed by atoms with Gasteiger partial charge in [0.15, 0.2) is 0 Å². The van der Waals surface area contributed by atoms with E-state index < -0.39 is 17.5 Å². The van der Waals surface area contributed by atoms with Crippen LogP contribution in [0.5, 0.6) is 0 Å². The summed E-state index contributed by atoms with van der Waals surface area (Å²) in [5, 5.41) is 9.29. The van der Waals surface area contributed by atoms with Gasteiger partial charge < -0.3 is 5.32 Å². The van der Waals surface area contributed by atoms with Gasteiger partial charge in [0.2, 0.25) is 0 Å². The molecule has 3 aromatic heterocycles. The number of hydrogen-bond acceptors (Lipinski definition) is 3. The lowest BCUT2D eigenvalue weighted by molar-refractivity contribution is 0.102. The largest absolute Gasteiger partial charge is 0.319 e. The number of benzene rings is 2. The Bertz CT molecular complexity index is 1460. The van der Waals surface area contributed by atoms with Crippen LogP contribution < -0.4 is 5.32 Å². The number of pyridine rings is 1. The summed E-state index contributed by atoms with van der Waals surface area (Å²) in [4.78, 5) is 16.8. The van der Waals surface area contributed by atoms with E-state index in [2.05, 4.69) is 20.5 Å². The molecule has 1 amide bonds. The van der Waals surface area contributed by atoms with Crippen molar-refractivity contribution in [3.63, 3.8) is 0 Å². The Hall–Kier alpha value is -4.04. The zero-order chi connectivity index (χ0) is 22.2. The van der Waals surface area contributed by atoms with Crippen LogP contribution in [-0.4, -0.2) is 25.5 Å². The summed E-state index contributed by atoms with van der Waals surface area (Å²) >= 11 is 5.72. The number of imidazole rings is 1. The van der Waals surface area contributed by atoms with Crippen LogP contribution in [-0.2, 0) is 0 Å². The highest BCUT2D eigenvalue weighted by Gasteiger charge is 2.16. The van der Waals surface area contributed by atoms with E-state index in [9.17, 15) is 13.6 Å². The summed E-state index contributed by atoms with van der Waals surface area (Å²) in [7, 11) is 0. The maximum atomic E-state index is 14.8. The molecule has 2 N–H and O–H groups in total. The Morgan fingerprint density at radius 3 is 2.56 bits per heavy atom. The van der Waals surface area contributed by atoms with E-state index in [1.54, 1.807) is 24.7 Å². The molecule has 0 radical (unpaired) electrons. The first kappa shape index (κ1) is 19.9. The summed E-state index contributed by atoms with van der Waals surface area (Å²) in [6.07, 6.45) is 6.99. The number of rotatable bonds is 4. The Kier molecular flexibility index (Phi) is 4.91. The third-order valence-corrected chi connectivity index (χ3v) is 5.26. The third-order valence-electron chi connectivity index (χ3n) is 5.03. The lowest BCUT2D eigenvalue weighted by Gasteiger charge is -2.09. The molecule has 2 aromatic carbocycles. The average Bonchev–Trinajstić information content (AvgIpc) is 3.45. The Morgan fingerprint density at radius 1 is 0.969 bits per heavy atom. The highest BCUT2D eigenvalue weighted by Crippen LogP contribution is 2.27. The number of hydrogen-bond donors (Lipinski definition) is 2. The van der Waals surface area contributed by atoms with Crippen molar-refractivity contribution in [1.82, 2.24) is 19.6 Å². The molecule has 158 valence electrons. The molecule has 0 fully saturated rings. The standard InChI is InChI=1S/C23H14ClF2N5O/c24-16-3-5-20(19(26)8-16)30-23(32)17-4-1-13(7-18(17)25)21-11-27-22-6-2-14(12-31(21)22)15-9-28-29-10-15/h1-12H,(H,28,29)(H,30,32). The van der Waals surface area contributed by atoms with Gasteiger partial charge in [-0.25, -0.2) is 13.8 Å². The number of H-pyrrole nitrogens is 1. The third kappa shape index (κ3) is 3.61. The Morgan fingerprint density at radius 2 is 1.81 bits per heavy atom. The van der Waals surface area contributed by atoms with E-state index in [-0.39, 0.29) is 16.3 Å². The van der Waals surface area contributed by atoms with Gasteiger partial charge >= 0.3 is 0 Å². The van der Waals surface area contributed by atoms with E-state index in [4.69, 9.17) is 11.6 Å². The second-order valence-electron chi connectivity index (χ2n) is 7.05. The molecule has 0 aliphatic carbocycles. The molecule has 0 bridgehead atoms. The van der Waals surface area contributed by atoms with Gasteiger partial charge in [0.25, 0.3) is 5.91 Å². The van der Waals surface area contributed by atoms with Crippen molar-refractivity contribution < 1.29 is 13.6 Å². The van der Waals surface area contributed by atoms with Crippen LogP contribution in [0.3, 0.4) is 0 Å². The first-order valence-electron chi connectivity index (χ1n) is 9.52. The summed E-state index contributed by atoms with van der Waals surface area (Å²) in [6, 6.07) is 11.8. The first-order chi connectivity index (χ1) is 15.5. The lowest BCUT2D eigenvalue weighted by Crippen LogP contribution is -2.14. The summed E-state index contributed by atoms with van der Waals surface area (Å²) in [5.74, 6) is -2.21. The zero-order valence-electron chi connectivity index (χ0n) is 16.3. The van der Waals surface area contributed by atoms with E-state index in [0.717, 1.165) is 17.2 Å². The van der Waals surface area contributed by atoms with Crippen LogP contribution in [0.2, 0.25) is 5.02 Å². The molecule has 6 nitrogen and oxygen atoms in total. The topological polar surface area (TPSA) is 75.1 Å². The molecule has 3 heterocycles. The highest BCUT2D eigenvalue weighted by atomic mass is 35.5. The molecule has 0 aliphatic rings. The Balaban J connectivity index is 1.47. The van der Waals surface area contributed by atoms with Crippen LogP contribution in [0.1, 0.15) is 10.4 Å². The molecule has 0 atom stereocenters. The van der Waals surface area contributed by atoms with Gasteiger partial charge in [-0.15, -0.1) is 0 Å². The van der Waals surface area contributed by atoms with Crippen molar-refractivity contribution in [2.24, 2.45) is 0 Å². The van der Waals surface area contributed by atoms with Gasteiger partial charge in [-0.2, -0.15) is 5.10 Å². The van der Waals surface area contributed by atoms with Crippen LogP contribution in [0.25, 0.3) is 28.0 Å². The van der Waals surface area contributed by atoms with Crippen molar-refractivity contribution in [2.75, 3.05) is 5.32 Å². The van der Waals surface area contributed by atoms with Crippen LogP contribution in [0.4, 0.5) is 14.5 Å². The van der Waals surface area contributed by atoms with Gasteiger partial charge in [0.1, 0.15) is 17.3 Å². The number of anilines is 1. The number of carbonyl (C=O) groups excluding carboxylic acids is 1. The minimum atomic E-state index is -0.768. The zero-order valence-corrected chi connectivity index (χ0v) is 17.1. The second kappa shape index (κ2) is 7.90. The smallest absolute Gasteiger partial charge is 0.258 e. The van der Waals surface area contributed by atoms with Gasteiger partial charge in [0, 0.05) is 34.1 Å². The average molecular weight is 450 g/mol. The fourth-order valence-electron chi connectivity index (χ4n) is 3.41. The first-order valence-corrected chi connectivity index (χ1v) is 9.90. The van der Waals surface area contributed by atoms with Crippen LogP contribution >= 0.6 is 11.6 Å². The van der Waals surface area contributed by atoms with E-state index in [1.165, 1.54) is 24.3 Å². The van der Waals surface area contributed by atoms with Crippen LogP contribution in [0, 0.1) is 11.6 Å². The predicted molar refractivity (Wildman–Crippen MR) is 118 cm³/mol. The Labute approximate surface area is 185 Å². The number of aromatic amines is 1. The van der Waals surface area contributed by atoms with E-state index >= 15 is 0 Å². The molecule has 5 aromatic rings. The number of fused-ring (bicyclic) bond motifs is 1. The number of nitrogens with zero attached hydrogens (tertiary/aromatic N) is 3. The number of carbonyl (C=O) groups is 1. The van der Waals surface area contributed by atoms with Crippen LogP contribution in [0.15, 0.2) is 73.3 Å². The maximum Gasteiger partial charge on any atom is 0.258 e. The maximum absolute atomic E-state index is 14.8. The molecule has 0 spiro atoms. The fraction of sp³-hybridized carbons (Fsp3) is 0. The molecule has 0 unspecified atom stereocenters. The minimum absolute atomic E-state index is 0.0866. The monoisotopic (exact) mass is 449 g/mol. The normalized spacial score (nSPS) is 11.1. The van der Waals surface area contributed by atoms with Crippen molar-refractivity contribution >= 4 is 28.8 Å². The molecule has 0 saturated heterocycles. The minimum Gasteiger partial charge on any atom is -0.319 e. The number of amides is 1. The summed E-state index contributed by atoms with van der Waals surface area (Å²) in [5.41, 5.74) is 3.39. The predicted octanol–water partition coefficient (Wildman–Crippen LogP) is 5.58. The van der Waals surface area contributed by atoms with Crippen molar-refractivity contribution in [1.29, 1.82) is 0 Å². The molecular weight excluding hydrogens is 436 g/mol. The molecule has 32 heavy (non-hydrogen) atoms. The fourth-order valence-corrected chi connectivity index (χ4v) is 3.57. The summed E-state index contributed by atoms with van der Waals surface area (Å²) < 4.78 is 30.6. The molecule has 9 heteroatoms. The SMILES string of the molecule is O=C(Nc1ccc(Cl)cc1F)c1ccc(-c2cnc3ccc(-c4cn[nH]c4)cn23)cc1F. The highest BCUT2D eigenvalue weighted by molar-refractivity contribution is 6.30. The quantitative estimate of drug-likeness (QED) is 0.376. The van der Waals surface area contributed by atoms with Gasteiger partial charge in [-0.3, -0.25) is 14.3 Å². The van der Waals surface area contributed by atoms with Gasteiger partial charge in [0.05, 0.1) is 29.3 Å². The number of halogens is 3.